The molecule has 0 fully saturated rings. The Morgan fingerprint density at radius 1 is 1.14 bits per heavy atom. The van der Waals surface area contributed by atoms with Crippen LogP contribution in [0.1, 0.15) is 17.3 Å². The molecule has 0 aliphatic carbocycles. The Balaban J connectivity index is 2.47. The molecule has 0 radical (unpaired) electrons. The van der Waals surface area contributed by atoms with Crippen molar-refractivity contribution in [3.05, 3.63) is 53.8 Å². The first-order chi connectivity index (χ1) is 10.3. The van der Waals surface area contributed by atoms with E-state index in [1.165, 1.54) is 44.4 Å². The van der Waals surface area contributed by atoms with Crippen molar-refractivity contribution in [1.82, 2.24) is 0 Å². The lowest BCUT2D eigenvalue weighted by Crippen LogP contribution is -2.12. The van der Waals surface area contributed by atoms with E-state index in [4.69, 9.17) is 8.92 Å². The summed E-state index contributed by atoms with van der Waals surface area (Å²) in [5.41, 5.74) is 0.0841. The fourth-order valence-corrected chi connectivity index (χ4v) is 2.75. The Labute approximate surface area is 127 Å². The average Bonchev–Trinajstić information content (AvgIpc) is 2.46. The van der Waals surface area contributed by atoms with Crippen molar-refractivity contribution in [2.75, 3.05) is 7.11 Å². The van der Waals surface area contributed by atoms with Crippen LogP contribution in [-0.2, 0) is 10.1 Å². The molecule has 2 rings (SSSR count). The largest absolute Gasteiger partial charge is 0.497 e. The lowest BCUT2D eigenvalue weighted by atomic mass is 10.1. The van der Waals surface area contributed by atoms with Gasteiger partial charge in [-0.3, -0.25) is 4.79 Å². The summed E-state index contributed by atoms with van der Waals surface area (Å²) < 4.78 is 47.5. The second-order valence-electron chi connectivity index (χ2n) is 4.41. The van der Waals surface area contributed by atoms with Crippen molar-refractivity contribution < 1.29 is 26.5 Å². The predicted molar refractivity (Wildman–Crippen MR) is 77.2 cm³/mol. The van der Waals surface area contributed by atoms with E-state index >= 15 is 0 Å². The molecule has 0 aliphatic heterocycles. The van der Waals surface area contributed by atoms with Gasteiger partial charge < -0.3 is 8.92 Å². The van der Waals surface area contributed by atoms with E-state index in [-0.39, 0.29) is 22.0 Å². The average molecular weight is 324 g/mol. The Morgan fingerprint density at radius 3 is 2.45 bits per heavy atom. The zero-order chi connectivity index (χ0) is 16.3. The Kier molecular flexibility index (Phi) is 4.46. The first-order valence-electron chi connectivity index (χ1n) is 6.22. The lowest BCUT2D eigenvalue weighted by Gasteiger charge is -2.11. The fraction of sp³-hybridized carbons (Fsp3) is 0.133. The summed E-state index contributed by atoms with van der Waals surface area (Å²) in [7, 11) is -2.87. The number of hydrogen-bond donors (Lipinski definition) is 0. The second kappa shape index (κ2) is 6.15. The van der Waals surface area contributed by atoms with Gasteiger partial charge >= 0.3 is 10.1 Å². The molecule has 0 atom stereocenters. The van der Waals surface area contributed by atoms with Gasteiger partial charge in [0.15, 0.2) is 11.5 Å². The minimum absolute atomic E-state index is 0.0841. The number of hydrogen-bond acceptors (Lipinski definition) is 5. The van der Waals surface area contributed by atoms with Gasteiger partial charge in [0.05, 0.1) is 12.7 Å². The molecule has 0 saturated carbocycles. The number of ketones is 1. The van der Waals surface area contributed by atoms with Gasteiger partial charge in [0, 0.05) is 6.07 Å². The molecule has 2 aromatic carbocycles. The van der Waals surface area contributed by atoms with Crippen LogP contribution >= 0.6 is 0 Å². The van der Waals surface area contributed by atoms with Gasteiger partial charge in [0.2, 0.25) is 0 Å². The van der Waals surface area contributed by atoms with Crippen molar-refractivity contribution >= 4 is 15.9 Å². The van der Waals surface area contributed by atoms with Gasteiger partial charge in [-0.1, -0.05) is 6.07 Å². The number of ether oxygens (including phenoxy) is 1. The molecule has 0 bridgehead atoms. The van der Waals surface area contributed by atoms with Crippen molar-refractivity contribution in [3.8, 4) is 11.5 Å². The molecule has 0 aromatic heterocycles. The second-order valence-corrected chi connectivity index (χ2v) is 5.96. The molecule has 0 amide bonds. The van der Waals surface area contributed by atoms with Crippen molar-refractivity contribution in [2.45, 2.75) is 11.8 Å². The molecule has 0 N–H and O–H groups in total. The quantitative estimate of drug-likeness (QED) is 0.625. The van der Waals surface area contributed by atoms with Crippen LogP contribution < -0.4 is 8.92 Å². The molecule has 0 spiro atoms. The molecule has 7 heteroatoms. The lowest BCUT2D eigenvalue weighted by molar-refractivity contribution is 0.101. The topological polar surface area (TPSA) is 69.7 Å². The van der Waals surface area contributed by atoms with Crippen LogP contribution in [0, 0.1) is 5.82 Å². The van der Waals surface area contributed by atoms with Crippen LogP contribution in [0.5, 0.6) is 11.5 Å². The Morgan fingerprint density at radius 2 is 1.86 bits per heavy atom. The molecule has 116 valence electrons. The maximum Gasteiger partial charge on any atom is 0.339 e. The SMILES string of the molecule is COc1ccc(C(C)=O)c(OS(=O)(=O)c2cccc(F)c2)c1. The van der Waals surface area contributed by atoms with Crippen molar-refractivity contribution in [1.29, 1.82) is 0 Å². The number of Topliss-reactive ketones (excluding diaryl/α,β-unsaturated/α-hetero) is 1. The van der Waals surface area contributed by atoms with Crippen LogP contribution in [-0.4, -0.2) is 21.3 Å². The van der Waals surface area contributed by atoms with E-state index < -0.39 is 15.9 Å². The fourth-order valence-electron chi connectivity index (χ4n) is 1.78. The summed E-state index contributed by atoms with van der Waals surface area (Å²) >= 11 is 0. The maximum absolute atomic E-state index is 13.2. The number of methoxy groups -OCH3 is 1. The minimum Gasteiger partial charge on any atom is -0.497 e. The molecule has 2 aromatic rings. The monoisotopic (exact) mass is 324 g/mol. The third-order valence-corrected chi connectivity index (χ3v) is 4.08. The zero-order valence-corrected chi connectivity index (χ0v) is 12.7. The Hall–Kier alpha value is -2.41. The summed E-state index contributed by atoms with van der Waals surface area (Å²) in [5.74, 6) is -0.917. The smallest absolute Gasteiger partial charge is 0.339 e. The zero-order valence-electron chi connectivity index (χ0n) is 11.9. The van der Waals surface area contributed by atoms with E-state index in [9.17, 15) is 17.6 Å². The predicted octanol–water partition coefficient (Wildman–Crippen LogP) is 2.80. The standard InChI is InChI=1S/C15H13FO5S/c1-10(17)14-7-6-12(20-2)9-15(14)21-22(18,19)13-5-3-4-11(16)8-13/h3-9H,1-2H3. The van der Waals surface area contributed by atoms with E-state index in [1.807, 2.05) is 0 Å². The molecule has 0 saturated heterocycles. The van der Waals surface area contributed by atoms with Gasteiger partial charge in [-0.25, -0.2) is 4.39 Å². The highest BCUT2D eigenvalue weighted by molar-refractivity contribution is 7.87. The van der Waals surface area contributed by atoms with Gasteiger partial charge in [-0.2, -0.15) is 8.42 Å². The van der Waals surface area contributed by atoms with Crippen molar-refractivity contribution in [3.63, 3.8) is 0 Å². The van der Waals surface area contributed by atoms with Crippen LogP contribution in [0.25, 0.3) is 0 Å². The van der Waals surface area contributed by atoms with Gasteiger partial charge in [-0.05, 0) is 37.3 Å². The number of benzene rings is 2. The van der Waals surface area contributed by atoms with Crippen molar-refractivity contribution in [2.24, 2.45) is 0 Å². The first-order valence-corrected chi connectivity index (χ1v) is 7.63. The molecular formula is C15H13FO5S. The van der Waals surface area contributed by atoms with E-state index in [2.05, 4.69) is 0 Å². The van der Waals surface area contributed by atoms with E-state index in [0.29, 0.717) is 5.75 Å². The molecule has 0 aliphatic rings. The first kappa shape index (κ1) is 16.0. The minimum atomic E-state index is -4.26. The highest BCUT2D eigenvalue weighted by Gasteiger charge is 2.21. The normalized spacial score (nSPS) is 11.0. The van der Waals surface area contributed by atoms with Crippen LogP contribution in [0.2, 0.25) is 0 Å². The molecule has 0 heterocycles. The third-order valence-electron chi connectivity index (χ3n) is 2.85. The van der Waals surface area contributed by atoms with E-state index in [0.717, 1.165) is 12.1 Å². The number of carbonyl (C=O) groups excluding carboxylic acids is 1. The molecule has 0 unspecified atom stereocenters. The summed E-state index contributed by atoms with van der Waals surface area (Å²) in [6.07, 6.45) is 0. The van der Waals surface area contributed by atoms with Gasteiger partial charge in [-0.15, -0.1) is 0 Å². The van der Waals surface area contributed by atoms with Crippen LogP contribution in [0.15, 0.2) is 47.4 Å². The highest BCUT2D eigenvalue weighted by Crippen LogP contribution is 2.28. The van der Waals surface area contributed by atoms with E-state index in [1.54, 1.807) is 0 Å². The van der Waals surface area contributed by atoms with Crippen LogP contribution in [0.4, 0.5) is 4.39 Å². The number of carbonyl (C=O) groups is 1. The highest BCUT2D eigenvalue weighted by atomic mass is 32.2. The summed E-state index contributed by atoms with van der Waals surface area (Å²) in [6.45, 7) is 1.28. The van der Waals surface area contributed by atoms with Gasteiger partial charge in [0.25, 0.3) is 0 Å². The Bertz CT molecular complexity index is 814. The number of rotatable bonds is 5. The number of halogens is 1. The molecular weight excluding hydrogens is 311 g/mol. The summed E-state index contributed by atoms with van der Waals surface area (Å²) in [4.78, 5) is 11.2. The van der Waals surface area contributed by atoms with Crippen LogP contribution in [0.3, 0.4) is 0 Å². The summed E-state index contributed by atoms with van der Waals surface area (Å²) in [5, 5.41) is 0. The maximum atomic E-state index is 13.2. The third kappa shape index (κ3) is 3.43. The molecule has 22 heavy (non-hydrogen) atoms. The van der Waals surface area contributed by atoms with Gasteiger partial charge in [0.1, 0.15) is 16.5 Å². The molecule has 5 nitrogen and oxygen atoms in total. The summed E-state index contributed by atoms with van der Waals surface area (Å²) in [6, 6.07) is 8.60.